The van der Waals surface area contributed by atoms with Crippen molar-refractivity contribution in [3.05, 3.63) is 34.1 Å². The highest BCUT2D eigenvalue weighted by molar-refractivity contribution is 7.09. The zero-order chi connectivity index (χ0) is 20.7. The smallest absolute Gasteiger partial charge is 0.421 e. The molecule has 28 heavy (non-hydrogen) atoms. The molecular formula is C17H17F4N3O3S. The van der Waals surface area contributed by atoms with Gasteiger partial charge < -0.3 is 14.4 Å². The normalized spacial score (nSPS) is 17.5. The Balaban J connectivity index is 2.04. The number of thiazole rings is 1. The highest BCUT2D eigenvalue weighted by atomic mass is 32.1. The molecule has 2 amide bonds. The first kappa shape index (κ1) is 20.2. The molecule has 11 heteroatoms. The van der Waals surface area contributed by atoms with E-state index in [1.165, 1.54) is 26.9 Å². The largest absolute Gasteiger partial charge is 0.507 e. The van der Waals surface area contributed by atoms with Crippen molar-refractivity contribution >= 4 is 17.4 Å². The summed E-state index contributed by atoms with van der Waals surface area (Å²) in [4.78, 5) is 19.0. The zero-order valence-corrected chi connectivity index (χ0v) is 16.0. The van der Waals surface area contributed by atoms with Crippen molar-refractivity contribution in [1.82, 2.24) is 9.47 Å². The molecule has 0 atom stereocenters. The van der Waals surface area contributed by atoms with Crippen molar-refractivity contribution < 1.29 is 31.8 Å². The topological polar surface area (TPSA) is 56.1 Å². The molecule has 1 aromatic heterocycles. The van der Waals surface area contributed by atoms with Crippen LogP contribution in [0.5, 0.6) is 11.5 Å². The molecule has 0 radical (unpaired) electrons. The third-order valence-electron chi connectivity index (χ3n) is 4.02. The SMILES string of the molecule is CCN(CC)C(=O)N=c1sc(C)cn1-c1ccc2c(c1)OC(F)(F)C(F)(F)O2. The third kappa shape index (κ3) is 3.58. The zero-order valence-electron chi connectivity index (χ0n) is 15.2. The van der Waals surface area contributed by atoms with Crippen LogP contribution in [0.15, 0.2) is 29.4 Å². The summed E-state index contributed by atoms with van der Waals surface area (Å²) in [6.07, 6.45) is -7.93. The van der Waals surface area contributed by atoms with Crippen molar-refractivity contribution in [3.63, 3.8) is 0 Å². The lowest BCUT2D eigenvalue weighted by Crippen LogP contribution is -2.52. The molecule has 0 unspecified atom stereocenters. The Kier molecular flexibility index (Phi) is 5.13. The van der Waals surface area contributed by atoms with Crippen molar-refractivity contribution in [3.8, 4) is 17.2 Å². The first-order valence-electron chi connectivity index (χ1n) is 8.38. The summed E-state index contributed by atoms with van der Waals surface area (Å²) >= 11 is 1.22. The molecule has 0 fully saturated rings. The number of halogens is 4. The lowest BCUT2D eigenvalue weighted by atomic mass is 10.2. The van der Waals surface area contributed by atoms with Crippen LogP contribution in [0.1, 0.15) is 18.7 Å². The first-order chi connectivity index (χ1) is 13.1. The predicted molar refractivity (Wildman–Crippen MR) is 93.4 cm³/mol. The van der Waals surface area contributed by atoms with Gasteiger partial charge in [0.1, 0.15) is 0 Å². The summed E-state index contributed by atoms with van der Waals surface area (Å²) in [5, 5.41) is 0. The number of carbonyl (C=O) groups is 1. The number of alkyl halides is 4. The van der Waals surface area contributed by atoms with E-state index in [0.29, 0.717) is 23.6 Å². The molecule has 3 rings (SSSR count). The summed E-state index contributed by atoms with van der Waals surface area (Å²) in [5.74, 6) is -1.05. The maximum atomic E-state index is 13.4. The summed E-state index contributed by atoms with van der Waals surface area (Å²) < 4.78 is 63.2. The van der Waals surface area contributed by atoms with Gasteiger partial charge in [0.15, 0.2) is 16.3 Å². The van der Waals surface area contributed by atoms with Crippen LogP contribution in [0, 0.1) is 6.92 Å². The summed E-state index contributed by atoms with van der Waals surface area (Å²) in [5.41, 5.74) is 0.304. The average molecular weight is 419 g/mol. The molecule has 0 saturated carbocycles. The lowest BCUT2D eigenvalue weighted by molar-refractivity contribution is -0.391. The van der Waals surface area contributed by atoms with E-state index in [1.807, 2.05) is 13.8 Å². The van der Waals surface area contributed by atoms with Crippen LogP contribution in [0.2, 0.25) is 0 Å². The average Bonchev–Trinajstić information content (AvgIpc) is 2.96. The summed E-state index contributed by atoms with van der Waals surface area (Å²) in [7, 11) is 0. The molecule has 0 saturated heterocycles. The van der Waals surface area contributed by atoms with Gasteiger partial charge in [-0.1, -0.05) is 0 Å². The molecule has 0 aliphatic carbocycles. The monoisotopic (exact) mass is 419 g/mol. The van der Waals surface area contributed by atoms with Crippen molar-refractivity contribution in [2.24, 2.45) is 4.99 Å². The number of nitrogens with zero attached hydrogens (tertiary/aromatic N) is 3. The number of benzene rings is 1. The van der Waals surface area contributed by atoms with Gasteiger partial charge in [0.05, 0.1) is 5.69 Å². The van der Waals surface area contributed by atoms with Crippen LogP contribution in [0.3, 0.4) is 0 Å². The fraction of sp³-hybridized carbons (Fsp3) is 0.412. The second kappa shape index (κ2) is 7.12. The maximum absolute atomic E-state index is 13.4. The number of fused-ring (bicyclic) bond motifs is 1. The number of hydrogen-bond donors (Lipinski definition) is 0. The van der Waals surface area contributed by atoms with Crippen molar-refractivity contribution in [2.45, 2.75) is 33.0 Å². The van der Waals surface area contributed by atoms with Gasteiger partial charge in [0.25, 0.3) is 0 Å². The molecule has 0 spiro atoms. The van der Waals surface area contributed by atoms with Gasteiger partial charge in [0.2, 0.25) is 0 Å². The molecule has 1 aromatic carbocycles. The fourth-order valence-corrected chi connectivity index (χ4v) is 3.40. The van der Waals surface area contributed by atoms with Crippen LogP contribution < -0.4 is 14.3 Å². The van der Waals surface area contributed by atoms with Crippen LogP contribution >= 0.6 is 11.3 Å². The van der Waals surface area contributed by atoms with Gasteiger partial charge in [-0.25, -0.2) is 4.79 Å². The van der Waals surface area contributed by atoms with E-state index in [1.54, 1.807) is 13.1 Å². The molecule has 2 heterocycles. The lowest BCUT2D eigenvalue weighted by Gasteiger charge is -2.31. The van der Waals surface area contributed by atoms with Crippen molar-refractivity contribution in [1.29, 1.82) is 0 Å². The Morgan fingerprint density at radius 1 is 1.14 bits per heavy atom. The van der Waals surface area contributed by atoms with E-state index in [2.05, 4.69) is 14.5 Å². The number of ether oxygens (including phenoxy) is 2. The van der Waals surface area contributed by atoms with Gasteiger partial charge in [-0.05, 0) is 32.9 Å². The van der Waals surface area contributed by atoms with Gasteiger partial charge in [-0.15, -0.1) is 11.3 Å². The molecule has 0 bridgehead atoms. The van der Waals surface area contributed by atoms with Crippen LogP contribution in [0.25, 0.3) is 5.69 Å². The van der Waals surface area contributed by atoms with Crippen LogP contribution in [-0.2, 0) is 0 Å². The predicted octanol–water partition coefficient (Wildman–Crippen LogP) is 4.17. The van der Waals surface area contributed by atoms with E-state index in [9.17, 15) is 22.4 Å². The number of urea groups is 1. The maximum Gasteiger partial charge on any atom is 0.507 e. The van der Waals surface area contributed by atoms with E-state index in [4.69, 9.17) is 0 Å². The van der Waals surface area contributed by atoms with Crippen LogP contribution in [0.4, 0.5) is 22.4 Å². The standard InChI is InChI=1S/C17H17F4N3O3S/c1-4-23(5-2)14(25)22-15-24(9-10(3)28-15)11-6-7-12-13(8-11)27-17(20,21)16(18,19)26-12/h6-9H,4-5H2,1-3H3. The number of rotatable bonds is 3. The molecule has 2 aromatic rings. The highest BCUT2D eigenvalue weighted by Gasteiger charge is 2.65. The number of amides is 2. The van der Waals surface area contributed by atoms with Gasteiger partial charge in [-0.3, -0.25) is 4.57 Å². The minimum absolute atomic E-state index is 0.304. The second-order valence-electron chi connectivity index (χ2n) is 5.93. The minimum atomic E-state index is -4.81. The van der Waals surface area contributed by atoms with Gasteiger partial charge in [-0.2, -0.15) is 22.6 Å². The molecular weight excluding hydrogens is 402 g/mol. The second-order valence-corrected chi connectivity index (χ2v) is 7.14. The molecule has 152 valence electrons. The first-order valence-corrected chi connectivity index (χ1v) is 9.20. The summed E-state index contributed by atoms with van der Waals surface area (Å²) in [6.45, 7) is 6.39. The number of hydrogen-bond acceptors (Lipinski definition) is 4. The minimum Gasteiger partial charge on any atom is -0.421 e. The highest BCUT2D eigenvalue weighted by Crippen LogP contribution is 2.47. The Hall–Kier alpha value is -2.56. The van der Waals surface area contributed by atoms with Crippen molar-refractivity contribution in [2.75, 3.05) is 13.1 Å². The quantitative estimate of drug-likeness (QED) is 0.702. The molecule has 0 N–H and O–H groups in total. The summed E-state index contributed by atoms with van der Waals surface area (Å²) in [6, 6.07) is 3.17. The molecule has 6 nitrogen and oxygen atoms in total. The third-order valence-corrected chi connectivity index (χ3v) is 4.91. The van der Waals surface area contributed by atoms with E-state index in [0.717, 1.165) is 17.0 Å². The Labute approximate surface area is 161 Å². The van der Waals surface area contributed by atoms with E-state index < -0.39 is 29.7 Å². The Morgan fingerprint density at radius 3 is 2.36 bits per heavy atom. The Bertz CT molecular complexity index is 967. The number of aromatic nitrogens is 1. The molecule has 1 aliphatic rings. The van der Waals surface area contributed by atoms with E-state index >= 15 is 0 Å². The van der Waals surface area contributed by atoms with Gasteiger partial charge >= 0.3 is 18.2 Å². The Morgan fingerprint density at radius 2 is 1.75 bits per heavy atom. The number of aryl methyl sites for hydroxylation is 1. The molecule has 1 aliphatic heterocycles. The van der Waals surface area contributed by atoms with E-state index in [-0.39, 0.29) is 0 Å². The van der Waals surface area contributed by atoms with Crippen LogP contribution in [-0.4, -0.2) is 40.8 Å². The van der Waals surface area contributed by atoms with Gasteiger partial charge in [0, 0.05) is 30.2 Å². The number of carbonyl (C=O) groups excluding carboxylic acids is 1. The fourth-order valence-electron chi connectivity index (χ4n) is 2.57.